The second-order valence-electron chi connectivity index (χ2n) is 4.24. The van der Waals surface area contributed by atoms with Gasteiger partial charge in [-0.15, -0.1) is 0 Å². The first-order chi connectivity index (χ1) is 8.42. The van der Waals surface area contributed by atoms with Crippen LogP contribution in [0.3, 0.4) is 0 Å². The average Bonchev–Trinajstić information content (AvgIpc) is 2.40. The van der Waals surface area contributed by atoms with Crippen LogP contribution in [0.25, 0.3) is 10.8 Å². The third kappa shape index (κ3) is 4.06. The molecule has 0 fully saturated rings. The van der Waals surface area contributed by atoms with Crippen molar-refractivity contribution in [1.82, 2.24) is 5.32 Å². The predicted octanol–water partition coefficient (Wildman–Crippen LogP) is 1.62. The van der Waals surface area contributed by atoms with Gasteiger partial charge in [-0.3, -0.25) is 0 Å². The van der Waals surface area contributed by atoms with E-state index < -0.39 is 0 Å². The summed E-state index contributed by atoms with van der Waals surface area (Å²) in [5, 5.41) is 5.74. The molecule has 1 aliphatic heterocycles. The molecular formula is C15H18NNaO2. The summed E-state index contributed by atoms with van der Waals surface area (Å²) < 4.78 is 5.88. The molecule has 2 aromatic carbocycles. The van der Waals surface area contributed by atoms with Crippen LogP contribution in [0.5, 0.6) is 5.75 Å². The van der Waals surface area contributed by atoms with E-state index in [0.29, 0.717) is 0 Å². The van der Waals surface area contributed by atoms with Crippen LogP contribution < -0.4 is 10.1 Å². The molecule has 0 amide bonds. The van der Waals surface area contributed by atoms with Gasteiger partial charge in [0.15, 0.2) is 0 Å². The van der Waals surface area contributed by atoms with Crippen LogP contribution in [0.2, 0.25) is 0 Å². The molecule has 0 spiro atoms. The summed E-state index contributed by atoms with van der Waals surface area (Å²) in [5.41, 5.74) is 0. The van der Waals surface area contributed by atoms with Crippen molar-refractivity contribution >= 4 is 40.3 Å². The van der Waals surface area contributed by atoms with Gasteiger partial charge in [-0.05, 0) is 29.0 Å². The SMILES string of the molecule is C1=C(Oc2ccc3ccccc3c2)CCNC1.O.[NaH]. The molecule has 0 saturated carbocycles. The van der Waals surface area contributed by atoms with E-state index in [4.69, 9.17) is 4.74 Å². The zero-order valence-corrected chi connectivity index (χ0v) is 10.1. The summed E-state index contributed by atoms with van der Waals surface area (Å²) in [5.74, 6) is 2.00. The van der Waals surface area contributed by atoms with Crippen LogP contribution in [0.15, 0.2) is 54.3 Å². The Bertz CT molecular complexity index is 569. The monoisotopic (exact) mass is 267 g/mol. The van der Waals surface area contributed by atoms with Crippen LogP contribution in [0, 0.1) is 0 Å². The Morgan fingerprint density at radius 1 is 1.00 bits per heavy atom. The van der Waals surface area contributed by atoms with Crippen LogP contribution in [-0.2, 0) is 0 Å². The molecule has 0 atom stereocenters. The van der Waals surface area contributed by atoms with E-state index in [1.807, 2.05) is 6.07 Å². The van der Waals surface area contributed by atoms with E-state index in [1.165, 1.54) is 10.8 Å². The minimum atomic E-state index is 0. The third-order valence-electron chi connectivity index (χ3n) is 2.99. The molecule has 96 valence electrons. The molecule has 3 nitrogen and oxygen atoms in total. The molecule has 1 aliphatic rings. The summed E-state index contributed by atoms with van der Waals surface area (Å²) in [6.07, 6.45) is 3.07. The van der Waals surface area contributed by atoms with Gasteiger partial charge in [0.05, 0.1) is 0 Å². The fourth-order valence-corrected chi connectivity index (χ4v) is 2.08. The van der Waals surface area contributed by atoms with Crippen LogP contribution >= 0.6 is 0 Å². The molecule has 4 heteroatoms. The van der Waals surface area contributed by atoms with Crippen LogP contribution in [0.1, 0.15) is 6.42 Å². The number of hydrogen-bond donors (Lipinski definition) is 1. The van der Waals surface area contributed by atoms with E-state index in [9.17, 15) is 0 Å². The Balaban J connectivity index is 0.000000902. The van der Waals surface area contributed by atoms with Crippen molar-refractivity contribution in [2.75, 3.05) is 13.1 Å². The first-order valence-electron chi connectivity index (χ1n) is 5.98. The van der Waals surface area contributed by atoms with Gasteiger partial charge in [-0.2, -0.15) is 0 Å². The van der Waals surface area contributed by atoms with Crippen molar-refractivity contribution in [2.45, 2.75) is 6.42 Å². The quantitative estimate of drug-likeness (QED) is 0.841. The maximum atomic E-state index is 5.88. The van der Waals surface area contributed by atoms with Gasteiger partial charge in [-0.25, -0.2) is 0 Å². The fraction of sp³-hybridized carbons (Fsp3) is 0.200. The minimum absolute atomic E-state index is 0. The Morgan fingerprint density at radius 3 is 2.53 bits per heavy atom. The molecule has 19 heavy (non-hydrogen) atoms. The van der Waals surface area contributed by atoms with Crippen LogP contribution in [-0.4, -0.2) is 48.1 Å². The van der Waals surface area contributed by atoms with E-state index >= 15 is 0 Å². The zero-order chi connectivity index (χ0) is 11.5. The number of nitrogens with one attached hydrogen (secondary N) is 1. The first-order valence-corrected chi connectivity index (χ1v) is 5.98. The maximum absolute atomic E-state index is 5.88. The van der Waals surface area contributed by atoms with Crippen molar-refractivity contribution < 1.29 is 10.2 Å². The number of ether oxygens (including phenoxy) is 1. The molecule has 0 unspecified atom stereocenters. The van der Waals surface area contributed by atoms with Crippen molar-refractivity contribution in [1.29, 1.82) is 0 Å². The zero-order valence-electron chi connectivity index (χ0n) is 10.1. The molecule has 3 rings (SSSR count). The molecule has 3 N–H and O–H groups in total. The van der Waals surface area contributed by atoms with Crippen molar-refractivity contribution in [3.05, 3.63) is 54.3 Å². The summed E-state index contributed by atoms with van der Waals surface area (Å²) >= 11 is 0. The van der Waals surface area contributed by atoms with Crippen molar-refractivity contribution in [2.24, 2.45) is 0 Å². The number of benzene rings is 2. The number of fused-ring (bicyclic) bond motifs is 1. The van der Waals surface area contributed by atoms with Crippen LogP contribution in [0.4, 0.5) is 0 Å². The number of rotatable bonds is 2. The number of hydrogen-bond acceptors (Lipinski definition) is 2. The summed E-state index contributed by atoms with van der Waals surface area (Å²) in [7, 11) is 0. The summed E-state index contributed by atoms with van der Waals surface area (Å²) in [4.78, 5) is 0. The molecule has 0 bridgehead atoms. The van der Waals surface area contributed by atoms with Gasteiger partial charge in [-0.1, -0.05) is 30.3 Å². The molecule has 1 heterocycles. The van der Waals surface area contributed by atoms with Gasteiger partial charge in [0.1, 0.15) is 11.5 Å². The first kappa shape index (κ1) is 16.2. The third-order valence-corrected chi connectivity index (χ3v) is 2.99. The van der Waals surface area contributed by atoms with Gasteiger partial charge in [0, 0.05) is 19.5 Å². The van der Waals surface area contributed by atoms with Crippen molar-refractivity contribution in [3.63, 3.8) is 0 Å². The van der Waals surface area contributed by atoms with E-state index in [-0.39, 0.29) is 35.0 Å². The molecule has 0 aromatic heterocycles. The summed E-state index contributed by atoms with van der Waals surface area (Å²) in [6.45, 7) is 1.91. The Labute approximate surface area is 135 Å². The van der Waals surface area contributed by atoms with E-state index in [2.05, 4.69) is 47.8 Å². The Hall–Kier alpha value is -0.840. The van der Waals surface area contributed by atoms with Gasteiger partial charge in [0.25, 0.3) is 0 Å². The van der Waals surface area contributed by atoms with Gasteiger partial charge >= 0.3 is 29.6 Å². The van der Waals surface area contributed by atoms with E-state index in [0.717, 1.165) is 31.0 Å². The van der Waals surface area contributed by atoms with E-state index in [1.54, 1.807) is 0 Å². The molecule has 0 radical (unpaired) electrons. The second kappa shape index (κ2) is 7.68. The second-order valence-corrected chi connectivity index (χ2v) is 4.24. The fourth-order valence-electron chi connectivity index (χ4n) is 2.08. The normalized spacial score (nSPS) is 14.0. The van der Waals surface area contributed by atoms with Crippen molar-refractivity contribution in [3.8, 4) is 5.75 Å². The average molecular weight is 267 g/mol. The van der Waals surface area contributed by atoms with Gasteiger partial charge in [0.2, 0.25) is 0 Å². The molecule has 0 saturated heterocycles. The molecular weight excluding hydrogens is 249 g/mol. The summed E-state index contributed by atoms with van der Waals surface area (Å²) in [6, 6.07) is 14.6. The Kier molecular flexibility index (Phi) is 6.55. The Morgan fingerprint density at radius 2 is 1.79 bits per heavy atom. The standard InChI is InChI=1S/C15H15NO.Na.H2O.H/c1-2-4-13-11-15(6-5-12(13)3-1)17-14-7-9-16-10-8-14;;;/h1-7,11,16H,8-10H2;;1H2;. The van der Waals surface area contributed by atoms with Gasteiger partial charge < -0.3 is 15.5 Å². The molecule has 2 aromatic rings. The predicted molar refractivity (Wildman–Crippen MR) is 80.9 cm³/mol. The molecule has 0 aliphatic carbocycles. The topological polar surface area (TPSA) is 52.8 Å².